The lowest BCUT2D eigenvalue weighted by Crippen LogP contribution is -2.42. The van der Waals surface area contributed by atoms with Crippen molar-refractivity contribution in [1.29, 1.82) is 0 Å². The lowest BCUT2D eigenvalue weighted by atomic mass is 10.1. The SMILES string of the molecule is Cc1cc(S(=O)(=O)NC2CCNCC2)ccc1OC(C)C. The third-order valence-electron chi connectivity index (χ3n) is 3.48. The number of benzene rings is 1. The minimum atomic E-state index is -3.46. The second-order valence-electron chi connectivity index (χ2n) is 5.74. The smallest absolute Gasteiger partial charge is 0.240 e. The highest BCUT2D eigenvalue weighted by Crippen LogP contribution is 2.23. The zero-order valence-electron chi connectivity index (χ0n) is 12.8. The van der Waals surface area contributed by atoms with E-state index < -0.39 is 10.0 Å². The topological polar surface area (TPSA) is 67.4 Å². The van der Waals surface area contributed by atoms with E-state index in [0.29, 0.717) is 4.90 Å². The molecule has 0 amide bonds. The van der Waals surface area contributed by atoms with Crippen LogP contribution in [0.3, 0.4) is 0 Å². The molecule has 1 fully saturated rings. The Morgan fingerprint density at radius 3 is 2.52 bits per heavy atom. The van der Waals surface area contributed by atoms with E-state index in [2.05, 4.69) is 10.0 Å². The summed E-state index contributed by atoms with van der Waals surface area (Å²) in [4.78, 5) is 0.301. The molecule has 5 nitrogen and oxygen atoms in total. The van der Waals surface area contributed by atoms with Crippen LogP contribution >= 0.6 is 0 Å². The van der Waals surface area contributed by atoms with Gasteiger partial charge in [-0.05, 0) is 70.5 Å². The largest absolute Gasteiger partial charge is 0.491 e. The van der Waals surface area contributed by atoms with Gasteiger partial charge in [-0.25, -0.2) is 13.1 Å². The summed E-state index contributed by atoms with van der Waals surface area (Å²) in [5.74, 6) is 0.728. The van der Waals surface area contributed by atoms with Gasteiger partial charge in [0.1, 0.15) is 5.75 Å². The van der Waals surface area contributed by atoms with E-state index in [9.17, 15) is 8.42 Å². The highest BCUT2D eigenvalue weighted by molar-refractivity contribution is 7.89. The molecule has 2 rings (SSSR count). The van der Waals surface area contributed by atoms with Gasteiger partial charge in [0.05, 0.1) is 11.0 Å². The monoisotopic (exact) mass is 312 g/mol. The van der Waals surface area contributed by atoms with Crippen molar-refractivity contribution in [2.45, 2.75) is 50.7 Å². The minimum absolute atomic E-state index is 0.0168. The molecule has 1 aliphatic heterocycles. The number of sulfonamides is 1. The highest BCUT2D eigenvalue weighted by atomic mass is 32.2. The maximum Gasteiger partial charge on any atom is 0.240 e. The van der Waals surface area contributed by atoms with Gasteiger partial charge in [-0.3, -0.25) is 0 Å². The van der Waals surface area contributed by atoms with Crippen molar-refractivity contribution in [2.75, 3.05) is 13.1 Å². The third kappa shape index (κ3) is 4.43. The average molecular weight is 312 g/mol. The van der Waals surface area contributed by atoms with Gasteiger partial charge in [-0.2, -0.15) is 0 Å². The van der Waals surface area contributed by atoms with Gasteiger partial charge in [-0.1, -0.05) is 0 Å². The molecule has 0 atom stereocenters. The molecule has 1 aromatic carbocycles. The van der Waals surface area contributed by atoms with Crippen LogP contribution in [-0.2, 0) is 10.0 Å². The van der Waals surface area contributed by atoms with Gasteiger partial charge in [0, 0.05) is 6.04 Å². The van der Waals surface area contributed by atoms with Crippen LogP contribution in [0.1, 0.15) is 32.3 Å². The van der Waals surface area contributed by atoms with Gasteiger partial charge in [0.15, 0.2) is 0 Å². The van der Waals surface area contributed by atoms with Gasteiger partial charge in [0.25, 0.3) is 0 Å². The number of nitrogens with one attached hydrogen (secondary N) is 2. The molecule has 1 aliphatic rings. The van der Waals surface area contributed by atoms with Crippen molar-refractivity contribution >= 4 is 10.0 Å². The Hall–Kier alpha value is -1.11. The molecule has 1 heterocycles. The Morgan fingerprint density at radius 2 is 1.95 bits per heavy atom. The van der Waals surface area contributed by atoms with Crippen molar-refractivity contribution in [2.24, 2.45) is 0 Å². The van der Waals surface area contributed by atoms with Gasteiger partial charge in [0.2, 0.25) is 10.0 Å². The summed E-state index contributed by atoms with van der Waals surface area (Å²) in [6, 6.07) is 5.02. The standard InChI is InChI=1S/C15H24N2O3S/c1-11(2)20-15-5-4-14(10-12(15)3)21(18,19)17-13-6-8-16-9-7-13/h4-5,10-11,13,16-17H,6-9H2,1-3H3. The number of aryl methyl sites for hydroxylation is 1. The van der Waals surface area contributed by atoms with E-state index in [1.165, 1.54) is 0 Å². The van der Waals surface area contributed by atoms with E-state index in [-0.39, 0.29) is 12.1 Å². The molecule has 0 aliphatic carbocycles. The van der Waals surface area contributed by atoms with Gasteiger partial charge in [-0.15, -0.1) is 0 Å². The minimum Gasteiger partial charge on any atom is -0.491 e. The fourth-order valence-electron chi connectivity index (χ4n) is 2.40. The van der Waals surface area contributed by atoms with E-state index >= 15 is 0 Å². The average Bonchev–Trinajstić information content (AvgIpc) is 2.41. The molecule has 21 heavy (non-hydrogen) atoms. The van der Waals surface area contributed by atoms with Crippen LogP contribution in [0.2, 0.25) is 0 Å². The molecule has 1 saturated heterocycles. The molecule has 0 spiro atoms. The molecular formula is C15H24N2O3S. The van der Waals surface area contributed by atoms with Crippen LogP contribution in [-0.4, -0.2) is 33.7 Å². The number of hydrogen-bond acceptors (Lipinski definition) is 4. The van der Waals surface area contributed by atoms with Crippen molar-refractivity contribution in [3.63, 3.8) is 0 Å². The first kappa shape index (κ1) is 16.3. The Bertz CT molecular complexity index is 579. The van der Waals surface area contributed by atoms with Gasteiger partial charge < -0.3 is 10.1 Å². The molecule has 0 unspecified atom stereocenters. The highest BCUT2D eigenvalue weighted by Gasteiger charge is 2.22. The van der Waals surface area contributed by atoms with E-state index in [4.69, 9.17) is 4.74 Å². The normalized spacial score (nSPS) is 17.1. The fraction of sp³-hybridized carbons (Fsp3) is 0.600. The summed E-state index contributed by atoms with van der Waals surface area (Å²) in [6.45, 7) is 7.47. The van der Waals surface area contributed by atoms with Crippen LogP contribution in [0.5, 0.6) is 5.75 Å². The summed E-state index contributed by atoms with van der Waals surface area (Å²) in [5.41, 5.74) is 0.830. The van der Waals surface area contributed by atoms with Crippen molar-refractivity contribution in [1.82, 2.24) is 10.0 Å². The van der Waals surface area contributed by atoms with Crippen molar-refractivity contribution in [3.05, 3.63) is 23.8 Å². The Morgan fingerprint density at radius 1 is 1.29 bits per heavy atom. The maximum absolute atomic E-state index is 12.4. The third-order valence-corrected chi connectivity index (χ3v) is 5.00. The van der Waals surface area contributed by atoms with Crippen LogP contribution in [0.25, 0.3) is 0 Å². The zero-order valence-corrected chi connectivity index (χ0v) is 13.7. The van der Waals surface area contributed by atoms with Crippen LogP contribution < -0.4 is 14.8 Å². The first-order valence-corrected chi connectivity index (χ1v) is 8.87. The maximum atomic E-state index is 12.4. The summed E-state index contributed by atoms with van der Waals surface area (Å²) in [5, 5.41) is 3.22. The fourth-order valence-corrected chi connectivity index (χ4v) is 3.79. The van der Waals surface area contributed by atoms with Crippen molar-refractivity contribution in [3.8, 4) is 5.75 Å². The predicted molar refractivity (Wildman–Crippen MR) is 83.2 cm³/mol. The van der Waals surface area contributed by atoms with Crippen molar-refractivity contribution < 1.29 is 13.2 Å². The second kappa shape index (κ2) is 6.77. The second-order valence-corrected chi connectivity index (χ2v) is 7.45. The molecule has 6 heteroatoms. The summed E-state index contributed by atoms with van der Waals surface area (Å²) >= 11 is 0. The molecular weight excluding hydrogens is 288 g/mol. The van der Waals surface area contributed by atoms with E-state index in [1.54, 1.807) is 18.2 Å². The lowest BCUT2D eigenvalue weighted by molar-refractivity contribution is 0.240. The number of rotatable bonds is 5. The van der Waals surface area contributed by atoms with Crippen LogP contribution in [0.15, 0.2) is 23.1 Å². The number of hydrogen-bond donors (Lipinski definition) is 2. The molecule has 0 aromatic heterocycles. The molecule has 0 radical (unpaired) electrons. The van der Waals surface area contributed by atoms with E-state index in [1.807, 2.05) is 20.8 Å². The first-order valence-electron chi connectivity index (χ1n) is 7.39. The summed E-state index contributed by atoms with van der Waals surface area (Å²) in [6.07, 6.45) is 1.72. The van der Waals surface area contributed by atoms with Crippen LogP contribution in [0.4, 0.5) is 0 Å². The summed E-state index contributed by atoms with van der Waals surface area (Å²) < 4.78 is 33.3. The van der Waals surface area contributed by atoms with E-state index in [0.717, 1.165) is 37.2 Å². The quantitative estimate of drug-likeness (QED) is 0.870. The molecule has 0 saturated carbocycles. The van der Waals surface area contributed by atoms with Gasteiger partial charge >= 0.3 is 0 Å². The summed E-state index contributed by atoms with van der Waals surface area (Å²) in [7, 11) is -3.46. The van der Waals surface area contributed by atoms with Crippen LogP contribution in [0, 0.1) is 6.92 Å². The first-order chi connectivity index (χ1) is 9.88. The zero-order chi connectivity index (χ0) is 15.5. The number of piperidine rings is 1. The Kier molecular flexibility index (Phi) is 5.24. The predicted octanol–water partition coefficient (Wildman–Crippen LogP) is 1.81. The lowest BCUT2D eigenvalue weighted by Gasteiger charge is -2.23. The molecule has 118 valence electrons. The Labute approximate surface area is 127 Å². The number of ether oxygens (including phenoxy) is 1. The molecule has 1 aromatic rings. The Balaban J connectivity index is 2.14. The molecule has 2 N–H and O–H groups in total. The molecule has 0 bridgehead atoms.